The number of hydrogen-bond acceptors (Lipinski definition) is 7. The Kier molecular flexibility index (Phi) is 7.04. The lowest BCUT2D eigenvalue weighted by Gasteiger charge is -2.39. The van der Waals surface area contributed by atoms with Crippen molar-refractivity contribution in [2.75, 3.05) is 38.2 Å². The van der Waals surface area contributed by atoms with Crippen molar-refractivity contribution in [2.24, 2.45) is 0 Å². The number of nitrogens with one attached hydrogen (secondary N) is 1. The number of rotatable bonds is 7. The summed E-state index contributed by atoms with van der Waals surface area (Å²) in [6.07, 6.45) is 0. The molecule has 9 nitrogen and oxygen atoms in total. The maximum absolute atomic E-state index is 13.7. The van der Waals surface area contributed by atoms with E-state index in [1.807, 2.05) is 43.3 Å². The van der Waals surface area contributed by atoms with E-state index >= 15 is 0 Å². The largest absolute Gasteiger partial charge is 0.497 e. The number of nitrogens with zero attached hydrogens (tertiary/aromatic N) is 6. The number of piperazine rings is 1. The van der Waals surface area contributed by atoms with E-state index in [0.717, 1.165) is 59.5 Å². The first-order valence-electron chi connectivity index (χ1n) is 13.6. The molecule has 0 amide bonds. The molecule has 9 heteroatoms. The number of anilines is 1. The van der Waals surface area contributed by atoms with Gasteiger partial charge in [0.25, 0.3) is 5.56 Å². The second-order valence-corrected chi connectivity index (χ2v) is 10.3. The average molecular weight is 536 g/mol. The van der Waals surface area contributed by atoms with Crippen molar-refractivity contribution in [3.05, 3.63) is 111 Å². The predicted molar refractivity (Wildman–Crippen MR) is 156 cm³/mol. The molecule has 6 rings (SSSR count). The molecular weight excluding hydrogens is 502 g/mol. The van der Waals surface area contributed by atoms with Crippen molar-refractivity contribution in [3.63, 3.8) is 0 Å². The molecule has 0 aliphatic carbocycles. The fraction of sp³-hybridized carbons (Fsp3) is 0.290. The van der Waals surface area contributed by atoms with E-state index in [1.54, 1.807) is 11.8 Å². The molecule has 0 unspecified atom stereocenters. The number of ether oxygens (including phenoxy) is 1. The molecule has 1 aliphatic heterocycles. The number of aromatic amines is 1. The summed E-state index contributed by atoms with van der Waals surface area (Å²) in [7, 11) is 1.65. The van der Waals surface area contributed by atoms with E-state index in [1.165, 1.54) is 5.69 Å². The number of benzene rings is 3. The lowest BCUT2D eigenvalue weighted by Crippen LogP contribution is -2.49. The minimum atomic E-state index is -0.402. The van der Waals surface area contributed by atoms with Crippen molar-refractivity contribution in [1.82, 2.24) is 30.1 Å². The zero-order valence-corrected chi connectivity index (χ0v) is 23.0. The summed E-state index contributed by atoms with van der Waals surface area (Å²) in [5, 5.41) is 13.9. The van der Waals surface area contributed by atoms with E-state index in [0.29, 0.717) is 17.9 Å². The van der Waals surface area contributed by atoms with Gasteiger partial charge in [-0.3, -0.25) is 9.69 Å². The number of tetrazole rings is 1. The van der Waals surface area contributed by atoms with Crippen molar-refractivity contribution in [3.8, 4) is 5.75 Å². The molecule has 1 aliphatic rings. The van der Waals surface area contributed by atoms with Gasteiger partial charge in [0.05, 0.1) is 19.2 Å². The lowest BCUT2D eigenvalue weighted by molar-refractivity contribution is 0.200. The van der Waals surface area contributed by atoms with Crippen LogP contribution in [0.25, 0.3) is 10.9 Å². The lowest BCUT2D eigenvalue weighted by atomic mass is 9.99. The molecule has 2 aromatic heterocycles. The first-order valence-corrected chi connectivity index (χ1v) is 13.6. The van der Waals surface area contributed by atoms with Gasteiger partial charge in [0, 0.05) is 37.4 Å². The van der Waals surface area contributed by atoms with Crippen LogP contribution in [0.4, 0.5) is 5.69 Å². The number of pyridine rings is 1. The Hall–Kier alpha value is -4.50. The van der Waals surface area contributed by atoms with Crippen LogP contribution in [0.2, 0.25) is 0 Å². The van der Waals surface area contributed by atoms with Gasteiger partial charge in [-0.2, -0.15) is 0 Å². The average Bonchev–Trinajstić information content (AvgIpc) is 3.44. The Morgan fingerprint density at radius 1 is 0.950 bits per heavy atom. The van der Waals surface area contributed by atoms with Gasteiger partial charge in [0.15, 0.2) is 5.82 Å². The number of para-hydroxylation sites is 1. The van der Waals surface area contributed by atoms with Gasteiger partial charge >= 0.3 is 0 Å². The highest BCUT2D eigenvalue weighted by Crippen LogP contribution is 2.30. The molecular formula is C31H33N7O2. The highest BCUT2D eigenvalue weighted by molar-refractivity contribution is 5.83. The van der Waals surface area contributed by atoms with Crippen LogP contribution in [-0.4, -0.2) is 63.4 Å². The summed E-state index contributed by atoms with van der Waals surface area (Å²) in [5.74, 6) is 1.45. The third-order valence-electron chi connectivity index (χ3n) is 7.97. The summed E-state index contributed by atoms with van der Waals surface area (Å²) < 4.78 is 7.12. The predicted octanol–water partition coefficient (Wildman–Crippen LogP) is 4.10. The molecule has 3 aromatic carbocycles. The minimum Gasteiger partial charge on any atom is -0.497 e. The number of fused-ring (bicyclic) bond motifs is 1. The van der Waals surface area contributed by atoms with Gasteiger partial charge in [0.1, 0.15) is 11.8 Å². The van der Waals surface area contributed by atoms with Crippen LogP contribution in [0, 0.1) is 13.8 Å². The molecule has 0 spiro atoms. The van der Waals surface area contributed by atoms with E-state index in [9.17, 15) is 4.79 Å². The highest BCUT2D eigenvalue weighted by atomic mass is 16.5. The molecule has 40 heavy (non-hydrogen) atoms. The van der Waals surface area contributed by atoms with E-state index in [2.05, 4.69) is 73.6 Å². The number of aryl methyl sites for hydroxylation is 2. The Labute approximate surface area is 233 Å². The van der Waals surface area contributed by atoms with Gasteiger partial charge in [0.2, 0.25) is 0 Å². The van der Waals surface area contributed by atoms with Crippen LogP contribution >= 0.6 is 0 Å². The molecule has 0 saturated carbocycles. The third kappa shape index (κ3) is 4.96. The second-order valence-electron chi connectivity index (χ2n) is 10.3. The Bertz CT molecular complexity index is 1670. The maximum Gasteiger partial charge on any atom is 0.253 e. The van der Waals surface area contributed by atoms with Crippen molar-refractivity contribution in [1.29, 1.82) is 0 Å². The zero-order chi connectivity index (χ0) is 27.6. The van der Waals surface area contributed by atoms with Crippen LogP contribution in [0.3, 0.4) is 0 Å². The van der Waals surface area contributed by atoms with Crippen molar-refractivity contribution in [2.45, 2.75) is 26.4 Å². The fourth-order valence-corrected chi connectivity index (χ4v) is 5.54. The Morgan fingerprint density at radius 3 is 2.42 bits per heavy atom. The second kappa shape index (κ2) is 10.9. The zero-order valence-electron chi connectivity index (χ0n) is 23.0. The number of H-pyrrole nitrogens is 1. The monoisotopic (exact) mass is 535 g/mol. The van der Waals surface area contributed by atoms with E-state index < -0.39 is 6.04 Å². The molecule has 5 aromatic rings. The van der Waals surface area contributed by atoms with Gasteiger partial charge < -0.3 is 14.6 Å². The van der Waals surface area contributed by atoms with E-state index in [4.69, 9.17) is 4.74 Å². The van der Waals surface area contributed by atoms with Crippen molar-refractivity contribution >= 4 is 16.6 Å². The number of hydrogen-bond donors (Lipinski definition) is 1. The first-order chi connectivity index (χ1) is 19.5. The maximum atomic E-state index is 13.7. The van der Waals surface area contributed by atoms with Crippen LogP contribution in [0.5, 0.6) is 5.75 Å². The first kappa shape index (κ1) is 25.8. The summed E-state index contributed by atoms with van der Waals surface area (Å²) in [5.41, 5.74) is 5.88. The van der Waals surface area contributed by atoms with Gasteiger partial charge in [-0.25, -0.2) is 4.68 Å². The topological polar surface area (TPSA) is 92.2 Å². The quantitative estimate of drug-likeness (QED) is 0.336. The van der Waals surface area contributed by atoms with Gasteiger partial charge in [-0.15, -0.1) is 5.10 Å². The normalized spacial score (nSPS) is 14.9. The van der Waals surface area contributed by atoms with Crippen LogP contribution in [-0.2, 0) is 6.54 Å². The highest BCUT2D eigenvalue weighted by Gasteiger charge is 2.33. The summed E-state index contributed by atoms with van der Waals surface area (Å²) in [6.45, 7) is 7.79. The van der Waals surface area contributed by atoms with Gasteiger partial charge in [-0.1, -0.05) is 42.5 Å². The molecule has 1 saturated heterocycles. The summed E-state index contributed by atoms with van der Waals surface area (Å²) >= 11 is 0. The SMILES string of the molecule is COc1ccc(Cn2nnnc2[C@@H](c2cc3ccc(C)c(C)c3[nH]c2=O)N2CCN(c3ccccc3)CC2)cc1. The molecule has 1 N–H and O–H groups in total. The third-order valence-corrected chi connectivity index (χ3v) is 7.97. The molecule has 0 bridgehead atoms. The van der Waals surface area contributed by atoms with Crippen LogP contribution in [0.1, 0.15) is 34.1 Å². The molecule has 3 heterocycles. The summed E-state index contributed by atoms with van der Waals surface area (Å²) in [4.78, 5) is 21.6. The van der Waals surface area contributed by atoms with Crippen molar-refractivity contribution < 1.29 is 4.74 Å². The molecule has 1 fully saturated rings. The number of methoxy groups -OCH3 is 1. The Balaban J connectivity index is 1.39. The smallest absolute Gasteiger partial charge is 0.253 e. The fourth-order valence-electron chi connectivity index (χ4n) is 5.54. The Morgan fingerprint density at radius 2 is 1.70 bits per heavy atom. The van der Waals surface area contributed by atoms with Crippen LogP contribution < -0.4 is 15.2 Å². The van der Waals surface area contributed by atoms with Gasteiger partial charge in [-0.05, 0) is 76.7 Å². The standard InChI is InChI=1S/C31H33N7O2/c1-21-9-12-24-19-27(31(39)32-28(24)22(21)2)29(37-17-15-36(16-18-37)25-7-5-4-6-8-25)30-33-34-35-38(30)20-23-10-13-26(40-3)14-11-23/h4-14,19,29H,15-18,20H2,1-3H3,(H,32,39)/t29-/m1/s1. The molecule has 204 valence electrons. The van der Waals surface area contributed by atoms with Crippen LogP contribution in [0.15, 0.2) is 77.6 Å². The summed E-state index contributed by atoms with van der Waals surface area (Å²) in [6, 6.07) is 24.1. The molecule has 1 atom stereocenters. The number of aromatic nitrogens is 5. The van der Waals surface area contributed by atoms with E-state index in [-0.39, 0.29) is 5.56 Å². The minimum absolute atomic E-state index is 0.115. The molecule has 0 radical (unpaired) electrons.